The number of hydrogen-bond donors (Lipinski definition) is 2. The zero-order chi connectivity index (χ0) is 22.7. The predicted molar refractivity (Wildman–Crippen MR) is 125 cm³/mol. The van der Waals surface area contributed by atoms with Crippen molar-refractivity contribution in [3.63, 3.8) is 0 Å². The number of thiocarbonyl (C=S) groups is 1. The summed E-state index contributed by atoms with van der Waals surface area (Å²) in [6.45, 7) is 4.35. The number of halogens is 1. The minimum absolute atomic E-state index is 0.164. The Hall–Kier alpha value is -3.85. The van der Waals surface area contributed by atoms with Gasteiger partial charge in [-0.15, -0.1) is 10.2 Å². The fraction of sp³-hybridized carbons (Fsp3) is 0.130. The van der Waals surface area contributed by atoms with Crippen molar-refractivity contribution in [2.75, 3.05) is 11.9 Å². The third kappa shape index (κ3) is 4.73. The number of amides is 1. The lowest BCUT2D eigenvalue weighted by Crippen LogP contribution is -2.34. The van der Waals surface area contributed by atoms with Crippen LogP contribution in [0.3, 0.4) is 0 Å². The van der Waals surface area contributed by atoms with Gasteiger partial charge in [0.05, 0.1) is 12.3 Å². The van der Waals surface area contributed by atoms with E-state index in [9.17, 15) is 9.18 Å². The van der Waals surface area contributed by atoms with Gasteiger partial charge in [0, 0.05) is 11.3 Å². The van der Waals surface area contributed by atoms with E-state index in [4.69, 9.17) is 17.0 Å². The maximum atomic E-state index is 13.2. The summed E-state index contributed by atoms with van der Waals surface area (Å²) in [6, 6.07) is 16.4. The van der Waals surface area contributed by atoms with Gasteiger partial charge in [0.1, 0.15) is 22.6 Å². The van der Waals surface area contributed by atoms with Gasteiger partial charge >= 0.3 is 0 Å². The number of carbonyl (C=O) groups is 1. The van der Waals surface area contributed by atoms with Crippen molar-refractivity contribution in [3.05, 3.63) is 77.6 Å². The number of rotatable bonds is 5. The summed E-state index contributed by atoms with van der Waals surface area (Å²) in [5.74, 6) is 0.0440. The number of anilines is 1. The first-order chi connectivity index (χ1) is 15.4. The van der Waals surface area contributed by atoms with Gasteiger partial charge in [-0.05, 0) is 92.3 Å². The Morgan fingerprint density at radius 1 is 1.06 bits per heavy atom. The molecule has 0 atom stereocenters. The predicted octanol–water partition coefficient (Wildman–Crippen LogP) is 4.39. The van der Waals surface area contributed by atoms with E-state index < -0.39 is 0 Å². The average molecular weight is 450 g/mol. The third-order valence-electron chi connectivity index (χ3n) is 4.69. The summed E-state index contributed by atoms with van der Waals surface area (Å²) in [5.41, 5.74) is 3.99. The molecule has 0 unspecified atom stereocenters. The molecule has 0 aliphatic rings. The van der Waals surface area contributed by atoms with Crippen LogP contribution in [0.1, 0.15) is 22.8 Å². The van der Waals surface area contributed by atoms with Gasteiger partial charge < -0.3 is 10.1 Å². The molecule has 0 aliphatic heterocycles. The highest BCUT2D eigenvalue weighted by atomic mass is 32.1. The summed E-state index contributed by atoms with van der Waals surface area (Å²) in [7, 11) is 0. The number of hydrogen-bond acceptors (Lipinski definition) is 5. The monoisotopic (exact) mass is 449 g/mol. The number of fused-ring (bicyclic) bond motifs is 1. The molecule has 0 aliphatic carbocycles. The number of aryl methyl sites for hydroxylation is 1. The molecule has 0 bridgehead atoms. The van der Waals surface area contributed by atoms with Crippen LogP contribution in [0, 0.1) is 12.7 Å². The van der Waals surface area contributed by atoms with Crippen molar-refractivity contribution in [3.8, 4) is 11.4 Å². The van der Waals surface area contributed by atoms with E-state index in [0.717, 1.165) is 5.56 Å². The summed E-state index contributed by atoms with van der Waals surface area (Å²) in [5, 5.41) is 14.8. The van der Waals surface area contributed by atoms with E-state index in [2.05, 4.69) is 20.8 Å². The van der Waals surface area contributed by atoms with Crippen LogP contribution in [0.25, 0.3) is 16.7 Å². The van der Waals surface area contributed by atoms with E-state index in [1.807, 2.05) is 19.9 Å². The molecular weight excluding hydrogens is 429 g/mol. The largest absolute Gasteiger partial charge is 0.494 e. The number of nitrogens with zero attached hydrogens (tertiary/aromatic N) is 3. The van der Waals surface area contributed by atoms with Crippen molar-refractivity contribution >= 4 is 40.0 Å². The number of aromatic nitrogens is 3. The SMILES string of the molecule is CCOc1ccc(C(=O)NC(=S)Nc2cc3nn(-c4ccc(F)cc4)nc3cc2C)cc1. The topological polar surface area (TPSA) is 81.1 Å². The maximum Gasteiger partial charge on any atom is 0.257 e. The Bertz CT molecular complexity index is 1290. The van der Waals surface area contributed by atoms with Crippen LogP contribution in [0.5, 0.6) is 5.75 Å². The lowest BCUT2D eigenvalue weighted by Gasteiger charge is -2.12. The Morgan fingerprint density at radius 3 is 2.38 bits per heavy atom. The second-order valence-corrected chi connectivity index (χ2v) is 7.40. The molecule has 0 saturated carbocycles. The fourth-order valence-electron chi connectivity index (χ4n) is 3.09. The normalized spacial score (nSPS) is 10.7. The molecule has 0 fully saturated rings. The molecule has 0 saturated heterocycles. The molecule has 9 heteroatoms. The lowest BCUT2D eigenvalue weighted by atomic mass is 10.2. The van der Waals surface area contributed by atoms with Crippen LogP contribution in [0.4, 0.5) is 10.1 Å². The Morgan fingerprint density at radius 2 is 1.72 bits per heavy atom. The molecular formula is C23H20FN5O2S. The molecule has 162 valence electrons. The van der Waals surface area contributed by atoms with Crippen LogP contribution < -0.4 is 15.4 Å². The van der Waals surface area contributed by atoms with Crippen molar-refractivity contribution < 1.29 is 13.9 Å². The Kier molecular flexibility index (Phi) is 6.09. The molecule has 32 heavy (non-hydrogen) atoms. The molecule has 1 amide bonds. The summed E-state index contributed by atoms with van der Waals surface area (Å²) in [4.78, 5) is 13.9. The van der Waals surface area contributed by atoms with Gasteiger partial charge in [0.15, 0.2) is 5.11 Å². The van der Waals surface area contributed by atoms with Gasteiger partial charge in [-0.3, -0.25) is 10.1 Å². The van der Waals surface area contributed by atoms with E-state index in [1.54, 1.807) is 42.5 Å². The molecule has 2 N–H and O–H groups in total. The standard InChI is InChI=1S/C23H20FN5O2S/c1-3-31-18-10-4-15(5-11-18)22(30)26-23(32)25-19-13-21-20(12-14(19)2)27-29(28-21)17-8-6-16(24)7-9-17/h4-13H,3H2,1-2H3,(H2,25,26,30,32). The van der Waals surface area contributed by atoms with Gasteiger partial charge in [0.25, 0.3) is 5.91 Å². The van der Waals surface area contributed by atoms with Crippen LogP contribution in [-0.4, -0.2) is 32.6 Å². The van der Waals surface area contributed by atoms with Gasteiger partial charge in [0.2, 0.25) is 0 Å². The molecule has 4 aromatic rings. The van der Waals surface area contributed by atoms with Crippen LogP contribution >= 0.6 is 12.2 Å². The molecule has 4 rings (SSSR count). The molecule has 1 heterocycles. The average Bonchev–Trinajstić information content (AvgIpc) is 3.17. The first-order valence-electron chi connectivity index (χ1n) is 9.92. The van der Waals surface area contributed by atoms with Crippen molar-refractivity contribution in [2.24, 2.45) is 0 Å². The van der Waals surface area contributed by atoms with Gasteiger partial charge in [-0.1, -0.05) is 0 Å². The van der Waals surface area contributed by atoms with E-state index >= 15 is 0 Å². The zero-order valence-electron chi connectivity index (χ0n) is 17.4. The highest BCUT2D eigenvalue weighted by molar-refractivity contribution is 7.80. The highest BCUT2D eigenvalue weighted by Gasteiger charge is 2.12. The second kappa shape index (κ2) is 9.11. The maximum absolute atomic E-state index is 13.2. The van der Waals surface area contributed by atoms with Crippen LogP contribution in [-0.2, 0) is 0 Å². The summed E-state index contributed by atoms with van der Waals surface area (Å²) < 4.78 is 18.6. The van der Waals surface area contributed by atoms with E-state index in [1.165, 1.54) is 16.9 Å². The molecule has 0 radical (unpaired) electrons. The highest BCUT2D eigenvalue weighted by Crippen LogP contribution is 2.22. The molecule has 1 aromatic heterocycles. The molecule has 7 nitrogen and oxygen atoms in total. The lowest BCUT2D eigenvalue weighted by molar-refractivity contribution is 0.0977. The van der Waals surface area contributed by atoms with Crippen LogP contribution in [0.15, 0.2) is 60.7 Å². The van der Waals surface area contributed by atoms with E-state index in [0.29, 0.717) is 40.3 Å². The summed E-state index contributed by atoms with van der Waals surface area (Å²) >= 11 is 5.31. The number of nitrogens with one attached hydrogen (secondary N) is 2. The van der Waals surface area contributed by atoms with Crippen molar-refractivity contribution in [1.82, 2.24) is 20.3 Å². The number of ether oxygens (including phenoxy) is 1. The Labute approximate surface area is 189 Å². The van der Waals surface area contributed by atoms with Crippen LogP contribution in [0.2, 0.25) is 0 Å². The van der Waals surface area contributed by atoms with Gasteiger partial charge in [-0.2, -0.15) is 4.80 Å². The summed E-state index contributed by atoms with van der Waals surface area (Å²) in [6.07, 6.45) is 0. The number of benzene rings is 3. The van der Waals surface area contributed by atoms with Crippen molar-refractivity contribution in [1.29, 1.82) is 0 Å². The minimum atomic E-state index is -0.327. The minimum Gasteiger partial charge on any atom is -0.494 e. The quantitative estimate of drug-likeness (QED) is 0.440. The first-order valence-corrected chi connectivity index (χ1v) is 10.3. The Balaban J connectivity index is 1.48. The smallest absolute Gasteiger partial charge is 0.257 e. The first kappa shape index (κ1) is 21.4. The third-order valence-corrected chi connectivity index (χ3v) is 4.89. The van der Waals surface area contributed by atoms with Gasteiger partial charge in [-0.25, -0.2) is 4.39 Å². The number of carbonyl (C=O) groups excluding carboxylic acids is 1. The molecule has 3 aromatic carbocycles. The van der Waals surface area contributed by atoms with Crippen molar-refractivity contribution in [2.45, 2.75) is 13.8 Å². The molecule has 0 spiro atoms. The zero-order valence-corrected chi connectivity index (χ0v) is 18.2. The van der Waals surface area contributed by atoms with E-state index in [-0.39, 0.29) is 16.8 Å². The fourth-order valence-corrected chi connectivity index (χ4v) is 3.29. The second-order valence-electron chi connectivity index (χ2n) is 6.99.